The maximum Gasteiger partial charge on any atom is 0.406 e. The van der Waals surface area contributed by atoms with Crippen LogP contribution in [0.1, 0.15) is 0 Å². The lowest BCUT2D eigenvalue weighted by Gasteiger charge is -2.21. The van der Waals surface area contributed by atoms with Gasteiger partial charge in [-0.3, -0.25) is 9.59 Å². The van der Waals surface area contributed by atoms with Gasteiger partial charge in [0.05, 0.1) is 6.54 Å². The van der Waals surface area contributed by atoms with Gasteiger partial charge in [-0.15, -0.1) is 0 Å². The second kappa shape index (κ2) is 5.54. The Balaban J connectivity index is 4.44. The third-order valence-electron chi connectivity index (χ3n) is 1.38. The minimum absolute atomic E-state index is 0.235. The first-order chi connectivity index (χ1) is 6.76. The van der Waals surface area contributed by atoms with Crippen LogP contribution in [0.15, 0.2) is 0 Å². The number of hydrogen-bond donors (Lipinski definition) is 2. The number of carbonyl (C=O) groups excluding carboxylic acids is 1. The summed E-state index contributed by atoms with van der Waals surface area (Å²) in [5, 5.41) is 10.7. The van der Waals surface area contributed by atoms with E-state index < -0.39 is 31.1 Å². The van der Waals surface area contributed by atoms with Crippen molar-refractivity contribution in [2.45, 2.75) is 6.18 Å². The van der Waals surface area contributed by atoms with E-state index >= 15 is 0 Å². The molecule has 0 aliphatic carbocycles. The van der Waals surface area contributed by atoms with Gasteiger partial charge < -0.3 is 15.3 Å². The minimum atomic E-state index is -4.60. The summed E-state index contributed by atoms with van der Waals surface area (Å²) in [5.74, 6) is -2.39. The summed E-state index contributed by atoms with van der Waals surface area (Å²) >= 11 is 0. The summed E-state index contributed by atoms with van der Waals surface area (Å²) in [6, 6.07) is 0. The SMILES string of the molecule is CNCC(=O)N(CC(=O)O)CC(F)(F)F. The lowest BCUT2D eigenvalue weighted by Crippen LogP contribution is -2.45. The number of likely N-dealkylation sites (N-methyl/N-ethyl adjacent to an activating group) is 1. The Hall–Kier alpha value is -1.31. The van der Waals surface area contributed by atoms with Crippen LogP contribution in [0.2, 0.25) is 0 Å². The van der Waals surface area contributed by atoms with Crippen LogP contribution in [-0.4, -0.2) is 54.7 Å². The van der Waals surface area contributed by atoms with Gasteiger partial charge in [0.15, 0.2) is 0 Å². The summed E-state index contributed by atoms with van der Waals surface area (Å²) < 4.78 is 35.8. The smallest absolute Gasteiger partial charge is 0.406 e. The average molecular weight is 228 g/mol. The van der Waals surface area contributed by atoms with E-state index in [1.165, 1.54) is 7.05 Å². The third-order valence-corrected chi connectivity index (χ3v) is 1.38. The summed E-state index contributed by atoms with van der Waals surface area (Å²) in [7, 11) is 1.38. The molecule has 1 amide bonds. The monoisotopic (exact) mass is 228 g/mol. The number of aliphatic carboxylic acids is 1. The summed E-state index contributed by atoms with van der Waals surface area (Å²) in [6.45, 7) is -2.84. The van der Waals surface area contributed by atoms with Crippen molar-refractivity contribution in [1.29, 1.82) is 0 Å². The number of carboxylic acids is 1. The number of halogens is 3. The average Bonchev–Trinajstić information content (AvgIpc) is 1.99. The third kappa shape index (κ3) is 6.72. The zero-order valence-corrected chi connectivity index (χ0v) is 7.97. The van der Waals surface area contributed by atoms with Crippen LogP contribution < -0.4 is 5.32 Å². The predicted molar refractivity (Wildman–Crippen MR) is 44.2 cm³/mol. The maximum absolute atomic E-state index is 11.9. The van der Waals surface area contributed by atoms with Crippen LogP contribution in [0.3, 0.4) is 0 Å². The standard InChI is InChI=1S/C7H11F3N2O3/c1-11-2-5(13)12(3-6(14)15)4-7(8,9)10/h11H,2-4H2,1H3,(H,14,15). The first kappa shape index (κ1) is 13.7. The van der Waals surface area contributed by atoms with Gasteiger partial charge in [0, 0.05) is 0 Å². The first-order valence-corrected chi connectivity index (χ1v) is 3.97. The van der Waals surface area contributed by atoms with Gasteiger partial charge >= 0.3 is 12.1 Å². The molecule has 0 spiro atoms. The van der Waals surface area contributed by atoms with Gasteiger partial charge in [-0.05, 0) is 7.05 Å². The molecule has 0 saturated carbocycles. The van der Waals surface area contributed by atoms with E-state index in [2.05, 4.69) is 5.32 Å². The number of carbonyl (C=O) groups is 2. The molecule has 0 radical (unpaired) electrons. The van der Waals surface area contributed by atoms with Gasteiger partial charge in [-0.1, -0.05) is 0 Å². The number of nitrogens with one attached hydrogen (secondary N) is 1. The Bertz CT molecular complexity index is 242. The molecular weight excluding hydrogens is 217 g/mol. The van der Waals surface area contributed by atoms with E-state index in [0.29, 0.717) is 0 Å². The van der Waals surface area contributed by atoms with E-state index in [0.717, 1.165) is 0 Å². The lowest BCUT2D eigenvalue weighted by atomic mass is 10.4. The van der Waals surface area contributed by atoms with E-state index in [1.807, 2.05) is 0 Å². The molecule has 0 aromatic carbocycles. The highest BCUT2D eigenvalue weighted by Crippen LogP contribution is 2.16. The molecule has 15 heavy (non-hydrogen) atoms. The molecule has 2 N–H and O–H groups in total. The number of alkyl halides is 3. The molecule has 0 unspecified atom stereocenters. The topological polar surface area (TPSA) is 69.6 Å². The van der Waals surface area contributed by atoms with Crippen molar-refractivity contribution in [3.05, 3.63) is 0 Å². The van der Waals surface area contributed by atoms with Crippen molar-refractivity contribution in [2.75, 3.05) is 26.7 Å². The Morgan fingerprint density at radius 2 is 1.93 bits per heavy atom. The van der Waals surface area contributed by atoms with E-state index in [1.54, 1.807) is 0 Å². The highest BCUT2D eigenvalue weighted by atomic mass is 19.4. The quantitative estimate of drug-likeness (QED) is 0.676. The summed E-state index contributed by atoms with van der Waals surface area (Å²) in [6.07, 6.45) is -4.60. The first-order valence-electron chi connectivity index (χ1n) is 3.97. The summed E-state index contributed by atoms with van der Waals surface area (Å²) in [5.41, 5.74) is 0. The molecule has 0 atom stereocenters. The number of amides is 1. The fourth-order valence-electron chi connectivity index (χ4n) is 0.875. The van der Waals surface area contributed by atoms with E-state index in [-0.39, 0.29) is 11.4 Å². The van der Waals surface area contributed by atoms with Crippen molar-refractivity contribution in [2.24, 2.45) is 0 Å². The van der Waals surface area contributed by atoms with Crippen molar-refractivity contribution in [3.8, 4) is 0 Å². The molecular formula is C7H11F3N2O3. The normalized spacial score (nSPS) is 11.2. The molecule has 0 aromatic heterocycles. The van der Waals surface area contributed by atoms with Crippen LogP contribution in [0.25, 0.3) is 0 Å². The predicted octanol–water partition coefficient (Wildman–Crippen LogP) is -0.319. The number of carboxylic acid groups (broad SMARTS) is 1. The zero-order chi connectivity index (χ0) is 12.1. The maximum atomic E-state index is 11.9. The van der Waals surface area contributed by atoms with E-state index in [4.69, 9.17) is 5.11 Å². The molecule has 0 saturated heterocycles. The Kier molecular flexibility index (Phi) is 5.06. The Morgan fingerprint density at radius 1 is 1.40 bits per heavy atom. The fourth-order valence-corrected chi connectivity index (χ4v) is 0.875. The largest absolute Gasteiger partial charge is 0.480 e. The zero-order valence-electron chi connectivity index (χ0n) is 7.97. The molecule has 0 bridgehead atoms. The molecule has 0 aliphatic rings. The molecule has 0 heterocycles. The highest BCUT2D eigenvalue weighted by molar-refractivity contribution is 5.82. The van der Waals surface area contributed by atoms with E-state index in [9.17, 15) is 22.8 Å². The van der Waals surface area contributed by atoms with Gasteiger partial charge in [-0.25, -0.2) is 0 Å². The molecule has 0 aromatic rings. The van der Waals surface area contributed by atoms with Gasteiger partial charge in [0.1, 0.15) is 13.1 Å². The lowest BCUT2D eigenvalue weighted by molar-refractivity contribution is -0.165. The second-order valence-corrected chi connectivity index (χ2v) is 2.79. The van der Waals surface area contributed by atoms with Crippen LogP contribution in [0, 0.1) is 0 Å². The van der Waals surface area contributed by atoms with Crippen molar-refractivity contribution < 1.29 is 27.9 Å². The highest BCUT2D eigenvalue weighted by Gasteiger charge is 2.33. The van der Waals surface area contributed by atoms with Gasteiger partial charge in [0.25, 0.3) is 0 Å². The van der Waals surface area contributed by atoms with Gasteiger partial charge in [0.2, 0.25) is 5.91 Å². The van der Waals surface area contributed by atoms with Crippen molar-refractivity contribution >= 4 is 11.9 Å². The molecule has 88 valence electrons. The minimum Gasteiger partial charge on any atom is -0.480 e. The molecule has 5 nitrogen and oxygen atoms in total. The number of nitrogens with zero attached hydrogens (tertiary/aromatic N) is 1. The van der Waals surface area contributed by atoms with Crippen LogP contribution in [0.4, 0.5) is 13.2 Å². The van der Waals surface area contributed by atoms with Crippen LogP contribution >= 0.6 is 0 Å². The molecule has 0 aliphatic heterocycles. The van der Waals surface area contributed by atoms with Crippen LogP contribution in [0.5, 0.6) is 0 Å². The number of rotatable bonds is 5. The molecule has 8 heteroatoms. The fraction of sp³-hybridized carbons (Fsp3) is 0.714. The van der Waals surface area contributed by atoms with Crippen molar-refractivity contribution in [3.63, 3.8) is 0 Å². The Labute approximate surface area is 83.9 Å². The second-order valence-electron chi connectivity index (χ2n) is 2.79. The Morgan fingerprint density at radius 3 is 2.27 bits per heavy atom. The van der Waals surface area contributed by atoms with Gasteiger partial charge in [-0.2, -0.15) is 13.2 Å². The van der Waals surface area contributed by atoms with Crippen molar-refractivity contribution in [1.82, 2.24) is 10.2 Å². The number of hydrogen-bond acceptors (Lipinski definition) is 3. The van der Waals surface area contributed by atoms with Crippen LogP contribution in [-0.2, 0) is 9.59 Å². The molecule has 0 fully saturated rings. The summed E-state index contributed by atoms with van der Waals surface area (Å²) in [4.78, 5) is 21.5. The molecule has 0 rings (SSSR count).